The summed E-state index contributed by atoms with van der Waals surface area (Å²) in [5.41, 5.74) is -12.6. The second-order valence-electron chi connectivity index (χ2n) is 6.21. The highest BCUT2D eigenvalue weighted by Crippen LogP contribution is 2.32. The first-order chi connectivity index (χ1) is 13.1. The Kier molecular flexibility index (Phi) is 8.01. The molecule has 0 aromatic heterocycles. The van der Waals surface area contributed by atoms with Crippen LogP contribution < -0.4 is 0 Å². The summed E-state index contributed by atoms with van der Waals surface area (Å²) in [5, 5.41) is 0. The van der Waals surface area contributed by atoms with Crippen molar-refractivity contribution in [3.8, 4) is 0 Å². The van der Waals surface area contributed by atoms with E-state index in [1.165, 1.54) is 0 Å². The van der Waals surface area contributed by atoms with E-state index in [9.17, 15) is 43.2 Å². The van der Waals surface area contributed by atoms with Crippen molar-refractivity contribution >= 4 is 37.9 Å². The maximum atomic E-state index is 12.9. The zero-order valence-electron chi connectivity index (χ0n) is 15.6. The Morgan fingerprint density at radius 1 is 0.897 bits per heavy atom. The molecular formula is C14H21F6N3O4S2+2. The lowest BCUT2D eigenvalue weighted by atomic mass is 10.1. The minimum Gasteiger partial charge on any atom is -0.166 e. The summed E-state index contributed by atoms with van der Waals surface area (Å²) in [7, 11) is -12.9. The van der Waals surface area contributed by atoms with E-state index in [1.54, 1.807) is 0 Å². The molecule has 29 heavy (non-hydrogen) atoms. The second-order valence-corrected chi connectivity index (χ2v) is 10.00. The molecule has 0 radical (unpaired) electrons. The summed E-state index contributed by atoms with van der Waals surface area (Å²) in [6.07, 6.45) is 5.55. The predicted molar refractivity (Wildman–Crippen MR) is 92.9 cm³/mol. The quantitative estimate of drug-likeness (QED) is 0.293. The molecule has 1 aliphatic rings. The molecule has 0 fully saturated rings. The van der Waals surface area contributed by atoms with E-state index < -0.39 is 40.3 Å². The van der Waals surface area contributed by atoms with Crippen LogP contribution in [0.4, 0.5) is 26.3 Å². The lowest BCUT2D eigenvalue weighted by Crippen LogP contribution is -2.48. The first-order valence-corrected chi connectivity index (χ1v) is 11.4. The van der Waals surface area contributed by atoms with Crippen LogP contribution in [0, 0.1) is 0 Å². The fourth-order valence-electron chi connectivity index (χ4n) is 2.47. The van der Waals surface area contributed by atoms with Gasteiger partial charge in [-0.15, -0.1) is 0 Å². The Bertz CT molecular complexity index is 870. The number of rotatable bonds is 9. The van der Waals surface area contributed by atoms with E-state index in [1.807, 2.05) is 6.92 Å². The van der Waals surface area contributed by atoms with Crippen LogP contribution in [-0.4, -0.2) is 60.7 Å². The predicted octanol–water partition coefficient (Wildman–Crippen LogP) is 2.97. The maximum absolute atomic E-state index is 12.9. The van der Waals surface area contributed by atoms with Gasteiger partial charge in [0.05, 0.1) is 6.42 Å². The van der Waals surface area contributed by atoms with Crippen molar-refractivity contribution in [1.29, 1.82) is 0 Å². The molecule has 0 unspecified atom stereocenters. The Labute approximate surface area is 164 Å². The minimum absolute atomic E-state index is 0.0461. The van der Waals surface area contributed by atoms with Gasteiger partial charge in [0, 0.05) is 8.38 Å². The molecule has 0 aromatic carbocycles. The van der Waals surface area contributed by atoms with Crippen molar-refractivity contribution in [1.82, 2.24) is 0 Å². The molecule has 168 valence electrons. The Morgan fingerprint density at radius 3 is 1.79 bits per heavy atom. The van der Waals surface area contributed by atoms with Crippen molar-refractivity contribution in [2.75, 3.05) is 7.05 Å². The number of nitrogens with zero attached hydrogens (tertiary/aromatic N) is 3. The molecule has 1 aliphatic heterocycles. The number of amidine groups is 2. The molecule has 0 atom stereocenters. The van der Waals surface area contributed by atoms with Gasteiger partial charge in [-0.25, -0.2) is 0 Å². The van der Waals surface area contributed by atoms with Gasteiger partial charge in [-0.3, -0.25) is 0 Å². The fraction of sp³-hybridized carbons (Fsp3) is 0.786. The van der Waals surface area contributed by atoms with Crippen molar-refractivity contribution in [2.24, 2.45) is 4.99 Å². The van der Waals surface area contributed by atoms with Gasteiger partial charge in [-0.1, -0.05) is 39.0 Å². The van der Waals surface area contributed by atoms with E-state index in [0.29, 0.717) is 23.6 Å². The first kappa shape index (κ1) is 25.5. The van der Waals surface area contributed by atoms with Gasteiger partial charge in [0.1, 0.15) is 7.05 Å². The SMILES string of the molecule is CCCCCCCCC1=[N+](C)C(=[N+](S(=O)(=O)C(F)(F)F)S(=O)(=O)C(F)(F)F)C=N1. The van der Waals surface area contributed by atoms with Crippen molar-refractivity contribution in [2.45, 2.75) is 62.9 Å². The molecule has 0 aromatic rings. The normalized spacial score (nSPS) is 16.1. The number of hydrogen-bond donors (Lipinski definition) is 0. The monoisotopic (exact) mass is 473 g/mol. The lowest BCUT2D eigenvalue weighted by Gasteiger charge is -2.11. The molecule has 0 amide bonds. The Hall–Kier alpha value is -1.51. The molecular weight excluding hydrogens is 452 g/mol. The van der Waals surface area contributed by atoms with Crippen LogP contribution in [0.3, 0.4) is 0 Å². The van der Waals surface area contributed by atoms with Gasteiger partial charge in [0.15, 0.2) is 0 Å². The van der Waals surface area contributed by atoms with E-state index in [-0.39, 0.29) is 12.3 Å². The number of hydrogen-bond acceptors (Lipinski definition) is 5. The summed E-state index contributed by atoms with van der Waals surface area (Å²) in [6.45, 7) is 2.02. The molecule has 0 saturated heterocycles. The summed E-state index contributed by atoms with van der Waals surface area (Å²) in [5.74, 6) is -1.42. The number of aliphatic imine (C=N–C) groups is 1. The standard InChI is InChI=1S/C14H21F6N3O4S2/c1-3-4-5-6-7-8-9-11-21-10-12(22(11)2)23(28(24,25)13(15,16)17)29(26,27)14(18,19)20/h10H,3-9H2,1-2H3/q+2. The third kappa shape index (κ3) is 5.55. The minimum atomic E-state index is -6.91. The van der Waals surface area contributed by atoms with Crippen LogP contribution >= 0.6 is 0 Å². The molecule has 0 bridgehead atoms. The van der Waals surface area contributed by atoms with E-state index in [0.717, 1.165) is 32.7 Å². The van der Waals surface area contributed by atoms with Crippen LogP contribution in [0.1, 0.15) is 51.9 Å². The fourth-order valence-corrected chi connectivity index (χ4v) is 5.21. The first-order valence-electron chi connectivity index (χ1n) is 8.52. The van der Waals surface area contributed by atoms with Gasteiger partial charge in [-0.2, -0.15) is 47.8 Å². The smallest absolute Gasteiger partial charge is 0.166 e. The van der Waals surface area contributed by atoms with Gasteiger partial charge in [0.2, 0.25) is 0 Å². The van der Waals surface area contributed by atoms with Crippen molar-refractivity contribution < 1.29 is 51.1 Å². The topological polar surface area (TPSA) is 86.7 Å². The largest absolute Gasteiger partial charge is 0.546 e. The second kappa shape index (κ2) is 9.10. The lowest BCUT2D eigenvalue weighted by molar-refractivity contribution is -0.419. The van der Waals surface area contributed by atoms with Crippen LogP contribution in [-0.2, 0) is 20.0 Å². The van der Waals surface area contributed by atoms with Crippen molar-refractivity contribution in [3.63, 3.8) is 0 Å². The van der Waals surface area contributed by atoms with Gasteiger partial charge >= 0.3 is 42.7 Å². The van der Waals surface area contributed by atoms with Crippen LogP contribution in [0.5, 0.6) is 0 Å². The summed E-state index contributed by atoms with van der Waals surface area (Å²) in [6, 6.07) is 0. The van der Waals surface area contributed by atoms with Crippen LogP contribution in [0.25, 0.3) is 0 Å². The molecule has 0 aliphatic carbocycles. The van der Waals surface area contributed by atoms with Gasteiger partial charge in [0.25, 0.3) is 6.21 Å². The number of unbranched alkanes of at least 4 members (excludes halogenated alkanes) is 5. The molecule has 0 spiro atoms. The molecule has 1 heterocycles. The summed E-state index contributed by atoms with van der Waals surface area (Å²) < 4.78 is 123. The Morgan fingerprint density at radius 2 is 1.34 bits per heavy atom. The zero-order chi connectivity index (χ0) is 22.7. The molecule has 0 saturated carbocycles. The number of alkyl halides is 6. The highest BCUT2D eigenvalue weighted by Gasteiger charge is 2.67. The molecule has 15 heteroatoms. The average molecular weight is 473 g/mol. The maximum Gasteiger partial charge on any atom is 0.546 e. The van der Waals surface area contributed by atoms with Crippen LogP contribution in [0.15, 0.2) is 4.99 Å². The number of sulfonamides is 2. The summed E-state index contributed by atoms with van der Waals surface area (Å²) in [4.78, 5) is 3.62. The summed E-state index contributed by atoms with van der Waals surface area (Å²) >= 11 is 0. The van der Waals surface area contributed by atoms with Crippen molar-refractivity contribution in [3.05, 3.63) is 0 Å². The number of halogens is 6. The third-order valence-electron chi connectivity index (χ3n) is 4.02. The van der Waals surface area contributed by atoms with E-state index >= 15 is 0 Å². The zero-order valence-corrected chi connectivity index (χ0v) is 17.2. The third-order valence-corrected chi connectivity index (χ3v) is 7.62. The molecule has 1 rings (SSSR count). The van der Waals surface area contributed by atoms with Crippen LogP contribution in [0.2, 0.25) is 0 Å². The molecule has 0 N–H and O–H groups in total. The Balaban J connectivity index is 3.40. The average Bonchev–Trinajstić information content (AvgIpc) is 2.89. The highest BCUT2D eigenvalue weighted by molar-refractivity contribution is 7.98. The van der Waals surface area contributed by atoms with E-state index in [2.05, 4.69) is 4.99 Å². The van der Waals surface area contributed by atoms with E-state index in [4.69, 9.17) is 0 Å². The van der Waals surface area contributed by atoms with Gasteiger partial charge < -0.3 is 0 Å². The van der Waals surface area contributed by atoms with Gasteiger partial charge in [-0.05, 0) is 6.42 Å². The highest BCUT2D eigenvalue weighted by atomic mass is 32.3. The molecule has 7 nitrogen and oxygen atoms in total.